The van der Waals surface area contributed by atoms with Gasteiger partial charge in [-0.2, -0.15) is 0 Å². The summed E-state index contributed by atoms with van der Waals surface area (Å²) >= 11 is 0. The number of alkyl halides is 3. The largest absolute Gasteiger partial charge is 0.294 e. The molecule has 0 aromatic rings. The van der Waals surface area contributed by atoms with Crippen LogP contribution in [0.4, 0.5) is 13.2 Å². The van der Waals surface area contributed by atoms with Crippen molar-refractivity contribution < 1.29 is 13.2 Å². The Labute approximate surface area is 64.8 Å². The average Bonchev–Trinajstić information content (AvgIpc) is 1.83. The van der Waals surface area contributed by atoms with Crippen LogP contribution in [-0.2, 0) is 0 Å². The molecule has 0 aromatic heterocycles. The molecule has 1 unspecified atom stereocenters. The minimum absolute atomic E-state index is 0.125. The van der Waals surface area contributed by atoms with Gasteiger partial charge in [0.15, 0.2) is 11.8 Å². The lowest BCUT2D eigenvalue weighted by Gasteiger charge is -2.32. The highest BCUT2D eigenvalue weighted by atomic mass is 19.2. The SMILES string of the molecule is CC[C@@H](F)C(N)(F)C(C)(C)F. The van der Waals surface area contributed by atoms with Gasteiger partial charge in [0, 0.05) is 0 Å². The van der Waals surface area contributed by atoms with Crippen molar-refractivity contribution in [2.75, 3.05) is 0 Å². The van der Waals surface area contributed by atoms with Gasteiger partial charge in [0.25, 0.3) is 0 Å². The third-order valence-electron chi connectivity index (χ3n) is 1.73. The van der Waals surface area contributed by atoms with E-state index in [0.717, 1.165) is 13.8 Å². The molecule has 0 aromatic carbocycles. The summed E-state index contributed by atoms with van der Waals surface area (Å²) in [6.07, 6.45) is -2.08. The summed E-state index contributed by atoms with van der Waals surface area (Å²) in [4.78, 5) is 0. The van der Waals surface area contributed by atoms with Crippen LogP contribution in [0.5, 0.6) is 0 Å². The zero-order valence-corrected chi connectivity index (χ0v) is 7.00. The number of hydrogen-bond acceptors (Lipinski definition) is 1. The maximum absolute atomic E-state index is 13.0. The number of nitrogens with two attached hydrogens (primary N) is 1. The Morgan fingerprint density at radius 2 is 1.73 bits per heavy atom. The van der Waals surface area contributed by atoms with Crippen LogP contribution in [0, 0.1) is 0 Å². The van der Waals surface area contributed by atoms with Crippen molar-refractivity contribution in [3.63, 3.8) is 0 Å². The second-order valence-corrected chi connectivity index (χ2v) is 3.12. The van der Waals surface area contributed by atoms with Gasteiger partial charge in [-0.05, 0) is 20.3 Å². The van der Waals surface area contributed by atoms with Crippen molar-refractivity contribution in [1.82, 2.24) is 0 Å². The van der Waals surface area contributed by atoms with Gasteiger partial charge in [0.2, 0.25) is 5.79 Å². The molecule has 0 saturated carbocycles. The lowest BCUT2D eigenvalue weighted by Crippen LogP contribution is -2.57. The van der Waals surface area contributed by atoms with Gasteiger partial charge in [0.05, 0.1) is 0 Å². The van der Waals surface area contributed by atoms with Crippen LogP contribution < -0.4 is 5.73 Å². The van der Waals surface area contributed by atoms with E-state index in [4.69, 9.17) is 5.73 Å². The van der Waals surface area contributed by atoms with Crippen molar-refractivity contribution in [3.8, 4) is 0 Å². The molecule has 0 spiro atoms. The third kappa shape index (κ3) is 2.09. The fraction of sp³-hybridized carbons (Fsp3) is 1.00. The molecule has 0 bridgehead atoms. The van der Waals surface area contributed by atoms with Gasteiger partial charge in [0.1, 0.15) is 0 Å². The van der Waals surface area contributed by atoms with E-state index in [2.05, 4.69) is 0 Å². The Hall–Kier alpha value is -0.250. The Morgan fingerprint density at radius 3 is 1.82 bits per heavy atom. The highest BCUT2D eigenvalue weighted by Crippen LogP contribution is 2.31. The molecule has 68 valence electrons. The van der Waals surface area contributed by atoms with Gasteiger partial charge in [-0.3, -0.25) is 5.73 Å². The molecule has 0 aliphatic carbocycles. The van der Waals surface area contributed by atoms with Crippen molar-refractivity contribution in [2.24, 2.45) is 5.73 Å². The van der Waals surface area contributed by atoms with Crippen LogP contribution in [-0.4, -0.2) is 17.6 Å². The van der Waals surface area contributed by atoms with Crippen molar-refractivity contribution in [2.45, 2.75) is 44.8 Å². The maximum Gasteiger partial charge on any atom is 0.223 e. The summed E-state index contributed by atoms with van der Waals surface area (Å²) in [7, 11) is 0. The van der Waals surface area contributed by atoms with E-state index in [9.17, 15) is 13.2 Å². The second kappa shape index (κ2) is 3.01. The molecule has 0 aliphatic rings. The summed E-state index contributed by atoms with van der Waals surface area (Å²) in [6, 6.07) is 0. The number of halogens is 3. The first kappa shape index (κ1) is 10.8. The highest BCUT2D eigenvalue weighted by Gasteiger charge is 2.49. The Kier molecular flexibility index (Phi) is 2.94. The first-order chi connectivity index (χ1) is 4.73. The molecule has 0 radical (unpaired) electrons. The highest BCUT2D eigenvalue weighted by molar-refractivity contribution is 4.94. The van der Waals surface area contributed by atoms with E-state index in [-0.39, 0.29) is 6.42 Å². The Bertz CT molecular complexity index is 128. The topological polar surface area (TPSA) is 26.0 Å². The number of rotatable bonds is 3. The Balaban J connectivity index is 4.45. The second-order valence-electron chi connectivity index (χ2n) is 3.12. The molecule has 0 rings (SSSR count). The first-order valence-corrected chi connectivity index (χ1v) is 3.54. The van der Waals surface area contributed by atoms with E-state index in [0.29, 0.717) is 0 Å². The smallest absolute Gasteiger partial charge is 0.223 e. The van der Waals surface area contributed by atoms with Gasteiger partial charge in [-0.25, -0.2) is 13.2 Å². The van der Waals surface area contributed by atoms with Gasteiger partial charge < -0.3 is 0 Å². The predicted octanol–water partition coefficient (Wildman–Crippen LogP) is 2.11. The van der Waals surface area contributed by atoms with Crippen LogP contribution in [0.3, 0.4) is 0 Å². The quantitative estimate of drug-likeness (QED) is 0.643. The fourth-order valence-electron chi connectivity index (χ4n) is 0.669. The predicted molar refractivity (Wildman–Crippen MR) is 38.4 cm³/mol. The van der Waals surface area contributed by atoms with Crippen LogP contribution in [0.15, 0.2) is 0 Å². The summed E-state index contributed by atoms with van der Waals surface area (Å²) in [5.74, 6) is -2.89. The van der Waals surface area contributed by atoms with E-state index < -0.39 is 17.6 Å². The van der Waals surface area contributed by atoms with Crippen LogP contribution in [0.1, 0.15) is 27.2 Å². The van der Waals surface area contributed by atoms with Crippen LogP contribution in [0.25, 0.3) is 0 Å². The Morgan fingerprint density at radius 1 is 1.36 bits per heavy atom. The van der Waals surface area contributed by atoms with Crippen molar-refractivity contribution >= 4 is 0 Å². The summed E-state index contributed by atoms with van der Waals surface area (Å²) in [6.45, 7) is 3.27. The minimum Gasteiger partial charge on any atom is -0.294 e. The number of hydrogen-bond donors (Lipinski definition) is 1. The van der Waals surface area contributed by atoms with Gasteiger partial charge in [-0.1, -0.05) is 6.92 Å². The molecule has 1 nitrogen and oxygen atoms in total. The standard InChI is InChI=1S/C7H14F3N/c1-4-5(8)7(10,11)6(2,3)9/h5H,4,11H2,1-3H3/t5-,7?/m1/s1. The van der Waals surface area contributed by atoms with Gasteiger partial charge >= 0.3 is 0 Å². The molecule has 0 amide bonds. The van der Waals surface area contributed by atoms with E-state index in [1.165, 1.54) is 6.92 Å². The molecule has 0 saturated heterocycles. The molecular weight excluding hydrogens is 155 g/mol. The first-order valence-electron chi connectivity index (χ1n) is 3.54. The van der Waals surface area contributed by atoms with E-state index >= 15 is 0 Å². The summed E-state index contributed by atoms with van der Waals surface area (Å²) in [5, 5.41) is 0. The van der Waals surface area contributed by atoms with E-state index in [1.807, 2.05) is 0 Å². The molecule has 2 N–H and O–H groups in total. The molecule has 11 heavy (non-hydrogen) atoms. The molecule has 4 heteroatoms. The summed E-state index contributed by atoms with van der Waals surface area (Å²) < 4.78 is 38.5. The maximum atomic E-state index is 13.0. The molecule has 0 aliphatic heterocycles. The zero-order valence-electron chi connectivity index (χ0n) is 7.00. The van der Waals surface area contributed by atoms with E-state index in [1.54, 1.807) is 0 Å². The lowest BCUT2D eigenvalue weighted by atomic mass is 9.93. The van der Waals surface area contributed by atoms with Crippen molar-refractivity contribution in [3.05, 3.63) is 0 Å². The monoisotopic (exact) mass is 169 g/mol. The molecule has 0 heterocycles. The van der Waals surface area contributed by atoms with Crippen LogP contribution >= 0.6 is 0 Å². The molecule has 0 fully saturated rings. The average molecular weight is 169 g/mol. The molecule has 2 atom stereocenters. The minimum atomic E-state index is -2.89. The zero-order chi connectivity index (χ0) is 9.28. The van der Waals surface area contributed by atoms with Gasteiger partial charge in [-0.15, -0.1) is 0 Å². The lowest BCUT2D eigenvalue weighted by molar-refractivity contribution is -0.0681. The van der Waals surface area contributed by atoms with Crippen LogP contribution in [0.2, 0.25) is 0 Å². The van der Waals surface area contributed by atoms with Crippen molar-refractivity contribution in [1.29, 1.82) is 0 Å². The summed E-state index contributed by atoms with van der Waals surface area (Å²) in [5.41, 5.74) is 2.49. The third-order valence-corrected chi connectivity index (χ3v) is 1.73. The fourth-order valence-corrected chi connectivity index (χ4v) is 0.669. The normalized spacial score (nSPS) is 21.0. The molecular formula is C7H14F3N.